The molecule has 1 aliphatic rings. The molecule has 96 valence electrons. The van der Waals surface area contributed by atoms with Crippen LogP contribution in [0.2, 0.25) is 0 Å². The van der Waals surface area contributed by atoms with E-state index >= 15 is 0 Å². The van der Waals surface area contributed by atoms with E-state index in [4.69, 9.17) is 5.84 Å². The van der Waals surface area contributed by atoms with Crippen molar-refractivity contribution in [2.75, 3.05) is 11.5 Å². The summed E-state index contributed by atoms with van der Waals surface area (Å²) in [5.74, 6) is 7.03. The third-order valence-corrected chi connectivity index (χ3v) is 5.17. The molecule has 1 saturated heterocycles. The second-order valence-corrected chi connectivity index (χ2v) is 6.82. The largest absolute Gasteiger partial charge is 0.338 e. The van der Waals surface area contributed by atoms with Crippen molar-refractivity contribution in [3.8, 4) is 0 Å². The number of aryl methyl sites for hydroxylation is 1. The summed E-state index contributed by atoms with van der Waals surface area (Å²) in [4.78, 5) is 4.23. The lowest BCUT2D eigenvalue weighted by molar-refractivity contribution is 0.377. The average Bonchev–Trinajstić information content (AvgIpc) is 2.82. The fourth-order valence-electron chi connectivity index (χ4n) is 2.29. The molecule has 17 heavy (non-hydrogen) atoms. The Labute approximate surface area is 101 Å². The number of hydrazine groups is 1. The predicted molar refractivity (Wildman–Crippen MR) is 64.8 cm³/mol. The molecule has 1 aromatic rings. The van der Waals surface area contributed by atoms with E-state index in [0.29, 0.717) is 12.8 Å². The topological polar surface area (TPSA) is 90.0 Å². The van der Waals surface area contributed by atoms with Gasteiger partial charge >= 0.3 is 0 Å². The zero-order valence-electron chi connectivity index (χ0n) is 9.83. The summed E-state index contributed by atoms with van der Waals surface area (Å²) in [5, 5.41) is 0. The molecule has 0 bridgehead atoms. The van der Waals surface area contributed by atoms with Gasteiger partial charge in [0.05, 0.1) is 11.5 Å². The molecule has 6 nitrogen and oxygen atoms in total. The number of nitrogens with one attached hydrogen (secondary N) is 1. The maximum Gasteiger partial charge on any atom is 0.150 e. The van der Waals surface area contributed by atoms with E-state index in [2.05, 4.69) is 10.4 Å². The normalized spacial score (nSPS) is 24.9. The Hall–Kier alpha value is -0.920. The molecule has 2 heterocycles. The van der Waals surface area contributed by atoms with Crippen LogP contribution in [-0.4, -0.2) is 35.5 Å². The molecule has 0 radical (unpaired) electrons. The molecule has 1 fully saturated rings. The first-order valence-electron chi connectivity index (χ1n) is 5.64. The number of nitrogens with two attached hydrogens (primary N) is 1. The van der Waals surface area contributed by atoms with Gasteiger partial charge in [-0.3, -0.25) is 11.3 Å². The highest BCUT2D eigenvalue weighted by molar-refractivity contribution is 7.91. The van der Waals surface area contributed by atoms with Gasteiger partial charge in [-0.2, -0.15) is 0 Å². The second-order valence-electron chi connectivity index (χ2n) is 4.59. The van der Waals surface area contributed by atoms with Crippen LogP contribution in [0.1, 0.15) is 12.2 Å². The van der Waals surface area contributed by atoms with E-state index in [1.807, 2.05) is 17.8 Å². The Bertz CT molecular complexity index is 482. The van der Waals surface area contributed by atoms with E-state index in [1.165, 1.54) is 0 Å². The monoisotopic (exact) mass is 258 g/mol. The standard InChI is InChI=1S/C10H18N4O2S/c1-14-4-3-12-10(14)6-9(13-11)8-2-5-17(15,16)7-8/h3-4,8-9,13H,2,5-7,11H2,1H3. The zero-order chi connectivity index (χ0) is 12.5. The summed E-state index contributed by atoms with van der Waals surface area (Å²) in [5.41, 5.74) is 2.73. The van der Waals surface area contributed by atoms with Gasteiger partial charge in [-0.15, -0.1) is 0 Å². The van der Waals surface area contributed by atoms with Crippen LogP contribution in [0.5, 0.6) is 0 Å². The lowest BCUT2D eigenvalue weighted by atomic mass is 9.97. The lowest BCUT2D eigenvalue weighted by Crippen LogP contribution is -2.43. The molecule has 0 aliphatic carbocycles. The molecule has 2 atom stereocenters. The Kier molecular flexibility index (Phi) is 3.50. The quantitative estimate of drug-likeness (QED) is 0.547. The minimum Gasteiger partial charge on any atom is -0.338 e. The third-order valence-electron chi connectivity index (χ3n) is 3.37. The van der Waals surface area contributed by atoms with Crippen LogP contribution in [0, 0.1) is 5.92 Å². The SMILES string of the molecule is Cn1ccnc1CC(NN)C1CCS(=O)(=O)C1. The first kappa shape index (κ1) is 12.5. The lowest BCUT2D eigenvalue weighted by Gasteiger charge is -2.21. The van der Waals surface area contributed by atoms with Gasteiger partial charge in [0.1, 0.15) is 5.82 Å². The van der Waals surface area contributed by atoms with E-state index in [-0.39, 0.29) is 23.5 Å². The van der Waals surface area contributed by atoms with Crippen LogP contribution in [0.3, 0.4) is 0 Å². The maximum atomic E-state index is 11.4. The van der Waals surface area contributed by atoms with Gasteiger partial charge in [-0.25, -0.2) is 13.4 Å². The highest BCUT2D eigenvalue weighted by Crippen LogP contribution is 2.23. The fourth-order valence-corrected chi connectivity index (χ4v) is 4.17. The number of nitrogens with zero attached hydrogens (tertiary/aromatic N) is 2. The van der Waals surface area contributed by atoms with Crippen LogP contribution < -0.4 is 11.3 Å². The van der Waals surface area contributed by atoms with Crippen LogP contribution in [0.4, 0.5) is 0 Å². The molecular weight excluding hydrogens is 240 g/mol. The van der Waals surface area contributed by atoms with Crippen molar-refractivity contribution in [3.63, 3.8) is 0 Å². The number of aromatic nitrogens is 2. The molecule has 0 amide bonds. The molecule has 3 N–H and O–H groups in total. The minimum atomic E-state index is -2.86. The van der Waals surface area contributed by atoms with E-state index in [9.17, 15) is 8.42 Å². The van der Waals surface area contributed by atoms with Crippen molar-refractivity contribution in [3.05, 3.63) is 18.2 Å². The molecule has 0 saturated carbocycles. The number of imidazole rings is 1. The van der Waals surface area contributed by atoms with Gasteiger partial charge in [0, 0.05) is 31.9 Å². The van der Waals surface area contributed by atoms with Gasteiger partial charge < -0.3 is 4.57 Å². The van der Waals surface area contributed by atoms with Crippen molar-refractivity contribution >= 4 is 9.84 Å². The number of hydrogen-bond acceptors (Lipinski definition) is 5. The van der Waals surface area contributed by atoms with Crippen molar-refractivity contribution in [1.29, 1.82) is 0 Å². The molecule has 0 aromatic carbocycles. The van der Waals surface area contributed by atoms with Gasteiger partial charge in [-0.05, 0) is 12.3 Å². The molecule has 7 heteroatoms. The van der Waals surface area contributed by atoms with Crippen molar-refractivity contribution in [2.24, 2.45) is 18.8 Å². The third kappa shape index (κ3) is 2.85. The molecule has 2 unspecified atom stereocenters. The predicted octanol–water partition coefficient (Wildman–Crippen LogP) is -0.771. The first-order valence-corrected chi connectivity index (χ1v) is 7.47. The Morgan fingerprint density at radius 3 is 2.94 bits per heavy atom. The van der Waals surface area contributed by atoms with Gasteiger partial charge in [0.15, 0.2) is 9.84 Å². The summed E-state index contributed by atoms with van der Waals surface area (Å²) >= 11 is 0. The molecule has 2 rings (SSSR count). The summed E-state index contributed by atoms with van der Waals surface area (Å²) in [6, 6.07) is -0.0339. The van der Waals surface area contributed by atoms with E-state index in [1.54, 1.807) is 6.20 Å². The number of sulfone groups is 1. The smallest absolute Gasteiger partial charge is 0.150 e. The summed E-state index contributed by atoms with van der Waals surface area (Å²) in [6.07, 6.45) is 4.93. The molecule has 1 aromatic heterocycles. The van der Waals surface area contributed by atoms with Crippen LogP contribution in [-0.2, 0) is 23.3 Å². The summed E-state index contributed by atoms with van der Waals surface area (Å²) in [6.45, 7) is 0. The van der Waals surface area contributed by atoms with Crippen LogP contribution in [0.15, 0.2) is 12.4 Å². The van der Waals surface area contributed by atoms with Crippen LogP contribution in [0.25, 0.3) is 0 Å². The van der Waals surface area contributed by atoms with Crippen molar-refractivity contribution in [2.45, 2.75) is 18.9 Å². The van der Waals surface area contributed by atoms with E-state index < -0.39 is 9.84 Å². The van der Waals surface area contributed by atoms with Crippen molar-refractivity contribution < 1.29 is 8.42 Å². The highest BCUT2D eigenvalue weighted by Gasteiger charge is 2.33. The number of hydrogen-bond donors (Lipinski definition) is 2. The molecular formula is C10H18N4O2S. The second kappa shape index (κ2) is 4.75. The minimum absolute atomic E-state index is 0.0339. The number of rotatable bonds is 4. The molecule has 0 spiro atoms. The Morgan fingerprint density at radius 1 is 1.71 bits per heavy atom. The van der Waals surface area contributed by atoms with Gasteiger partial charge in [-0.1, -0.05) is 0 Å². The Morgan fingerprint density at radius 2 is 2.47 bits per heavy atom. The van der Waals surface area contributed by atoms with Crippen molar-refractivity contribution in [1.82, 2.24) is 15.0 Å². The summed E-state index contributed by atoms with van der Waals surface area (Å²) < 4.78 is 24.8. The molecule has 1 aliphatic heterocycles. The first-order chi connectivity index (χ1) is 8.02. The highest BCUT2D eigenvalue weighted by atomic mass is 32.2. The van der Waals surface area contributed by atoms with Gasteiger partial charge in [0.2, 0.25) is 0 Å². The average molecular weight is 258 g/mol. The van der Waals surface area contributed by atoms with Crippen LogP contribution >= 0.6 is 0 Å². The Balaban J connectivity index is 2.05. The zero-order valence-corrected chi connectivity index (χ0v) is 10.7. The van der Waals surface area contributed by atoms with E-state index in [0.717, 1.165) is 5.82 Å². The van der Waals surface area contributed by atoms with Gasteiger partial charge in [0.25, 0.3) is 0 Å². The summed E-state index contributed by atoms with van der Waals surface area (Å²) in [7, 11) is -0.944. The maximum absolute atomic E-state index is 11.4. The fraction of sp³-hybridized carbons (Fsp3) is 0.700.